The number of morpholine rings is 1. The molecule has 0 saturated carbocycles. The van der Waals surface area contributed by atoms with Crippen molar-refractivity contribution in [2.45, 2.75) is 13.0 Å². The van der Waals surface area contributed by atoms with Gasteiger partial charge in [0, 0.05) is 23.0 Å². The van der Waals surface area contributed by atoms with E-state index in [2.05, 4.69) is 31.3 Å². The van der Waals surface area contributed by atoms with Crippen molar-refractivity contribution in [2.24, 2.45) is 0 Å². The van der Waals surface area contributed by atoms with E-state index in [0.29, 0.717) is 6.61 Å². The van der Waals surface area contributed by atoms with Crippen molar-refractivity contribution < 1.29 is 4.74 Å². The van der Waals surface area contributed by atoms with E-state index in [4.69, 9.17) is 4.74 Å². The topological polar surface area (TPSA) is 51.1 Å². The first-order valence-electron chi connectivity index (χ1n) is 7.29. The number of aromatic nitrogens is 3. The quantitative estimate of drug-likeness (QED) is 0.728. The van der Waals surface area contributed by atoms with E-state index in [1.54, 1.807) is 17.7 Å². The molecule has 22 heavy (non-hydrogen) atoms. The minimum absolute atomic E-state index is 0.0150. The first-order valence-corrected chi connectivity index (χ1v) is 8.17. The third kappa shape index (κ3) is 2.44. The zero-order valence-electron chi connectivity index (χ0n) is 12.3. The van der Waals surface area contributed by atoms with Gasteiger partial charge in [-0.1, -0.05) is 12.1 Å². The lowest BCUT2D eigenvalue weighted by molar-refractivity contribution is 0.0394. The molecule has 0 radical (unpaired) electrons. The maximum absolute atomic E-state index is 5.90. The Morgan fingerprint density at radius 3 is 3.05 bits per heavy atom. The van der Waals surface area contributed by atoms with Crippen LogP contribution in [0.1, 0.15) is 16.8 Å². The van der Waals surface area contributed by atoms with Gasteiger partial charge in [-0.15, -0.1) is 11.3 Å². The van der Waals surface area contributed by atoms with Gasteiger partial charge in [0.25, 0.3) is 0 Å². The van der Waals surface area contributed by atoms with Gasteiger partial charge in [-0.05, 0) is 19.1 Å². The molecule has 3 aromatic rings. The number of nitrogens with zero attached hydrogens (tertiary/aromatic N) is 4. The van der Waals surface area contributed by atoms with Crippen LogP contribution in [0.15, 0.2) is 36.0 Å². The highest BCUT2D eigenvalue weighted by Gasteiger charge is 2.26. The molecule has 3 heterocycles. The van der Waals surface area contributed by atoms with E-state index in [1.807, 2.05) is 25.1 Å². The summed E-state index contributed by atoms with van der Waals surface area (Å²) >= 11 is 1.66. The number of benzene rings is 1. The lowest BCUT2D eigenvalue weighted by Crippen LogP contribution is -2.39. The smallest absolute Gasteiger partial charge is 0.140 e. The summed E-state index contributed by atoms with van der Waals surface area (Å²) in [4.78, 5) is 15.7. The van der Waals surface area contributed by atoms with Crippen molar-refractivity contribution in [3.05, 3.63) is 46.7 Å². The Kier molecular flexibility index (Phi) is 3.48. The predicted molar refractivity (Wildman–Crippen MR) is 87.3 cm³/mol. The van der Waals surface area contributed by atoms with Crippen LogP contribution in [0.25, 0.3) is 10.9 Å². The van der Waals surface area contributed by atoms with Gasteiger partial charge in [0.05, 0.1) is 18.7 Å². The molecule has 112 valence electrons. The number of ether oxygens (including phenoxy) is 1. The number of rotatable bonds is 2. The van der Waals surface area contributed by atoms with Crippen LogP contribution >= 0.6 is 11.3 Å². The third-order valence-corrected chi connectivity index (χ3v) is 4.85. The first kappa shape index (κ1) is 13.6. The van der Waals surface area contributed by atoms with Crippen LogP contribution in [-0.2, 0) is 4.74 Å². The van der Waals surface area contributed by atoms with Crippen LogP contribution in [0.2, 0.25) is 0 Å². The molecule has 1 saturated heterocycles. The molecule has 0 bridgehead atoms. The van der Waals surface area contributed by atoms with E-state index in [1.165, 1.54) is 0 Å². The van der Waals surface area contributed by atoms with Gasteiger partial charge in [-0.2, -0.15) is 0 Å². The molecule has 5 nitrogen and oxygen atoms in total. The molecule has 0 unspecified atom stereocenters. The van der Waals surface area contributed by atoms with E-state index >= 15 is 0 Å². The summed E-state index contributed by atoms with van der Waals surface area (Å²) in [6.07, 6.45) is 1.65. The molecule has 1 atom stereocenters. The molecule has 1 aromatic carbocycles. The fourth-order valence-electron chi connectivity index (χ4n) is 2.75. The summed E-state index contributed by atoms with van der Waals surface area (Å²) in [6.45, 7) is 4.30. The SMILES string of the molecule is Cc1csc([C@@H]2CN(c3ncnc4ccccc34)CCO2)n1. The fraction of sp³-hybridized carbons (Fsp3) is 0.312. The van der Waals surface area contributed by atoms with Gasteiger partial charge in [0.15, 0.2) is 0 Å². The molecule has 0 spiro atoms. The Bertz CT molecular complexity index is 798. The maximum Gasteiger partial charge on any atom is 0.140 e. The van der Waals surface area contributed by atoms with Gasteiger partial charge in [-0.25, -0.2) is 15.0 Å². The van der Waals surface area contributed by atoms with Crippen LogP contribution in [0.4, 0.5) is 5.82 Å². The monoisotopic (exact) mass is 312 g/mol. The second-order valence-electron chi connectivity index (χ2n) is 5.35. The zero-order valence-corrected chi connectivity index (χ0v) is 13.1. The lowest BCUT2D eigenvalue weighted by atomic mass is 10.2. The normalized spacial score (nSPS) is 18.8. The summed E-state index contributed by atoms with van der Waals surface area (Å²) < 4.78 is 5.90. The average Bonchev–Trinajstić information content (AvgIpc) is 3.01. The molecule has 1 fully saturated rings. The Labute approximate surface area is 132 Å². The van der Waals surface area contributed by atoms with E-state index in [0.717, 1.165) is 40.5 Å². The number of anilines is 1. The Balaban J connectivity index is 1.67. The average molecular weight is 312 g/mol. The summed E-state index contributed by atoms with van der Waals surface area (Å²) in [7, 11) is 0. The van der Waals surface area contributed by atoms with Crippen LogP contribution in [0, 0.1) is 6.92 Å². The molecule has 1 aliphatic rings. The summed E-state index contributed by atoms with van der Waals surface area (Å²) in [6, 6.07) is 8.11. The molecule has 4 rings (SSSR count). The van der Waals surface area contributed by atoms with Crippen molar-refractivity contribution in [2.75, 3.05) is 24.6 Å². The largest absolute Gasteiger partial charge is 0.367 e. The zero-order chi connectivity index (χ0) is 14.9. The number of thiazole rings is 1. The lowest BCUT2D eigenvalue weighted by Gasteiger charge is -2.33. The molecule has 1 aliphatic heterocycles. The van der Waals surface area contributed by atoms with Gasteiger partial charge in [-0.3, -0.25) is 0 Å². The van der Waals surface area contributed by atoms with Crippen LogP contribution in [0.5, 0.6) is 0 Å². The first-order chi connectivity index (χ1) is 10.8. The fourth-order valence-corrected chi connectivity index (χ4v) is 3.59. The van der Waals surface area contributed by atoms with Crippen LogP contribution < -0.4 is 4.90 Å². The summed E-state index contributed by atoms with van der Waals surface area (Å²) in [5.74, 6) is 0.979. The van der Waals surface area contributed by atoms with Crippen molar-refractivity contribution in [1.29, 1.82) is 0 Å². The van der Waals surface area contributed by atoms with Gasteiger partial charge >= 0.3 is 0 Å². The Hall–Kier alpha value is -2.05. The summed E-state index contributed by atoms with van der Waals surface area (Å²) in [5, 5.41) is 4.19. The molecule has 0 N–H and O–H groups in total. The highest BCUT2D eigenvalue weighted by molar-refractivity contribution is 7.09. The van der Waals surface area contributed by atoms with Gasteiger partial charge < -0.3 is 9.64 Å². The number of hydrogen-bond acceptors (Lipinski definition) is 6. The van der Waals surface area contributed by atoms with E-state index in [9.17, 15) is 0 Å². The van der Waals surface area contributed by atoms with Crippen molar-refractivity contribution in [3.8, 4) is 0 Å². The molecular formula is C16H16N4OS. The molecule has 2 aromatic heterocycles. The third-order valence-electron chi connectivity index (χ3n) is 3.80. The minimum Gasteiger partial charge on any atom is -0.367 e. The van der Waals surface area contributed by atoms with E-state index in [-0.39, 0.29) is 6.10 Å². The van der Waals surface area contributed by atoms with Crippen molar-refractivity contribution >= 4 is 28.1 Å². The van der Waals surface area contributed by atoms with Crippen molar-refractivity contribution in [1.82, 2.24) is 15.0 Å². The number of aryl methyl sites for hydroxylation is 1. The molecule has 0 amide bonds. The second kappa shape index (κ2) is 5.62. The van der Waals surface area contributed by atoms with Crippen molar-refractivity contribution in [3.63, 3.8) is 0 Å². The predicted octanol–water partition coefficient (Wildman–Crippen LogP) is 2.97. The molecule has 0 aliphatic carbocycles. The Morgan fingerprint density at radius 1 is 1.27 bits per heavy atom. The molecule has 6 heteroatoms. The molecular weight excluding hydrogens is 296 g/mol. The Morgan fingerprint density at radius 2 is 2.18 bits per heavy atom. The van der Waals surface area contributed by atoms with E-state index < -0.39 is 0 Å². The maximum atomic E-state index is 5.90. The van der Waals surface area contributed by atoms with Gasteiger partial charge in [0.2, 0.25) is 0 Å². The second-order valence-corrected chi connectivity index (χ2v) is 6.24. The van der Waals surface area contributed by atoms with Crippen LogP contribution in [0.3, 0.4) is 0 Å². The van der Waals surface area contributed by atoms with Crippen LogP contribution in [-0.4, -0.2) is 34.6 Å². The standard InChI is InChI=1S/C16H16N4OS/c1-11-9-22-16(19-11)14-8-20(6-7-21-14)15-12-4-2-3-5-13(12)17-10-18-15/h2-5,9-10,14H,6-8H2,1H3/t14-/m0/s1. The minimum atomic E-state index is 0.0150. The highest BCUT2D eigenvalue weighted by Crippen LogP contribution is 2.30. The van der Waals surface area contributed by atoms with Gasteiger partial charge in [0.1, 0.15) is 23.3 Å². The summed E-state index contributed by atoms with van der Waals surface area (Å²) in [5.41, 5.74) is 2.02. The number of para-hydroxylation sites is 1. The number of hydrogen-bond donors (Lipinski definition) is 0. The number of fused-ring (bicyclic) bond motifs is 1. The highest BCUT2D eigenvalue weighted by atomic mass is 32.1.